The first-order valence-corrected chi connectivity index (χ1v) is 7.18. The van der Waals surface area contributed by atoms with Gasteiger partial charge in [-0.05, 0) is 12.1 Å². The fraction of sp³-hybridized carbons (Fsp3) is 0.333. The van der Waals surface area contributed by atoms with E-state index < -0.39 is 0 Å². The number of thioether (sulfide) groups is 1. The molecule has 0 amide bonds. The van der Waals surface area contributed by atoms with E-state index in [4.69, 9.17) is 21.1 Å². The summed E-state index contributed by atoms with van der Waals surface area (Å²) in [6.45, 7) is 0.578. The Morgan fingerprint density at radius 1 is 1.37 bits per heavy atom. The highest BCUT2D eigenvalue weighted by molar-refractivity contribution is 7.99. The van der Waals surface area contributed by atoms with Crippen LogP contribution in [0.1, 0.15) is 11.9 Å². The molecule has 1 aliphatic rings. The lowest BCUT2D eigenvalue weighted by atomic mass is 10.2. The largest absolute Gasteiger partial charge is 0.346 e. The Morgan fingerprint density at radius 2 is 2.21 bits per heavy atom. The summed E-state index contributed by atoms with van der Waals surface area (Å²) in [5, 5.41) is 8.10. The Kier molecular flexibility index (Phi) is 4.03. The van der Waals surface area contributed by atoms with Crippen molar-refractivity contribution in [1.82, 2.24) is 15.2 Å². The zero-order valence-corrected chi connectivity index (χ0v) is 11.5. The van der Waals surface area contributed by atoms with Crippen molar-refractivity contribution in [3.8, 4) is 0 Å². The summed E-state index contributed by atoms with van der Waals surface area (Å²) < 4.78 is 11.5. The first-order valence-electron chi connectivity index (χ1n) is 5.82. The van der Waals surface area contributed by atoms with Crippen molar-refractivity contribution in [3.05, 3.63) is 41.2 Å². The number of hydrogen-bond acceptors (Lipinski definition) is 5. The summed E-state index contributed by atoms with van der Waals surface area (Å²) in [6, 6.07) is 7.50. The van der Waals surface area contributed by atoms with Crippen molar-refractivity contribution in [2.45, 2.75) is 17.6 Å². The predicted molar refractivity (Wildman–Crippen MR) is 72.1 cm³/mol. The number of aromatic nitrogens is 3. The molecule has 2 atom stereocenters. The lowest BCUT2D eigenvalue weighted by molar-refractivity contribution is -0.0565. The van der Waals surface area contributed by atoms with Crippen LogP contribution in [-0.2, 0) is 9.47 Å². The van der Waals surface area contributed by atoms with Crippen molar-refractivity contribution >= 4 is 23.4 Å². The van der Waals surface area contributed by atoms with Gasteiger partial charge in [-0.3, -0.25) is 5.10 Å². The zero-order chi connectivity index (χ0) is 13.1. The Hall–Kier alpha value is -1.08. The molecule has 1 aromatic heterocycles. The van der Waals surface area contributed by atoms with Gasteiger partial charge in [0.25, 0.3) is 0 Å². The van der Waals surface area contributed by atoms with E-state index in [1.165, 1.54) is 6.33 Å². The fourth-order valence-corrected chi connectivity index (χ4v) is 2.65. The SMILES string of the molecule is Clc1ccc([C@H]2OC[C@@H](CSc3ncn[nH]3)O2)cc1. The first kappa shape index (κ1) is 12.9. The summed E-state index contributed by atoms with van der Waals surface area (Å²) in [4.78, 5) is 4.05. The summed E-state index contributed by atoms with van der Waals surface area (Å²) in [6.07, 6.45) is 1.23. The van der Waals surface area contributed by atoms with Crippen molar-refractivity contribution in [2.24, 2.45) is 0 Å². The fourth-order valence-electron chi connectivity index (χ4n) is 1.77. The van der Waals surface area contributed by atoms with Crippen LogP contribution in [0.2, 0.25) is 5.02 Å². The number of benzene rings is 1. The maximum atomic E-state index is 5.85. The molecule has 0 spiro atoms. The molecule has 100 valence electrons. The average molecular weight is 298 g/mol. The normalized spacial score (nSPS) is 22.8. The van der Waals surface area contributed by atoms with Crippen molar-refractivity contribution in [1.29, 1.82) is 0 Å². The molecule has 0 aliphatic carbocycles. The zero-order valence-electron chi connectivity index (χ0n) is 9.95. The van der Waals surface area contributed by atoms with Crippen molar-refractivity contribution in [3.63, 3.8) is 0 Å². The van der Waals surface area contributed by atoms with Gasteiger partial charge in [0.05, 0.1) is 12.7 Å². The van der Waals surface area contributed by atoms with Gasteiger partial charge in [0, 0.05) is 16.3 Å². The molecular formula is C12H12ClN3O2S. The van der Waals surface area contributed by atoms with Crippen molar-refractivity contribution < 1.29 is 9.47 Å². The minimum atomic E-state index is -0.308. The van der Waals surface area contributed by atoms with E-state index in [0.29, 0.717) is 11.6 Å². The molecule has 0 unspecified atom stereocenters. The molecule has 1 fully saturated rings. The third-order valence-electron chi connectivity index (χ3n) is 2.69. The maximum Gasteiger partial charge on any atom is 0.184 e. The lowest BCUT2D eigenvalue weighted by Crippen LogP contribution is -2.13. The second-order valence-electron chi connectivity index (χ2n) is 4.08. The van der Waals surface area contributed by atoms with E-state index in [-0.39, 0.29) is 12.4 Å². The van der Waals surface area contributed by atoms with E-state index in [0.717, 1.165) is 16.5 Å². The minimum Gasteiger partial charge on any atom is -0.346 e. The van der Waals surface area contributed by atoms with Gasteiger partial charge < -0.3 is 9.47 Å². The van der Waals surface area contributed by atoms with E-state index in [2.05, 4.69) is 15.2 Å². The molecule has 1 aromatic carbocycles. The molecule has 3 rings (SSSR count). The summed E-state index contributed by atoms with van der Waals surface area (Å²) in [5.74, 6) is 0.777. The van der Waals surface area contributed by atoms with Gasteiger partial charge in [0.1, 0.15) is 6.33 Å². The second kappa shape index (κ2) is 5.92. The molecule has 5 nitrogen and oxygen atoms in total. The molecule has 1 aliphatic heterocycles. The van der Waals surface area contributed by atoms with Gasteiger partial charge in [0.15, 0.2) is 11.4 Å². The Labute approximate surface area is 119 Å². The number of ether oxygens (including phenoxy) is 2. The smallest absolute Gasteiger partial charge is 0.184 e. The number of nitrogens with zero attached hydrogens (tertiary/aromatic N) is 2. The van der Waals surface area contributed by atoms with Crippen LogP contribution in [-0.4, -0.2) is 33.6 Å². The lowest BCUT2D eigenvalue weighted by Gasteiger charge is -2.11. The predicted octanol–water partition coefficient (Wildman–Crippen LogP) is 2.66. The molecule has 2 aromatic rings. The number of H-pyrrole nitrogens is 1. The van der Waals surface area contributed by atoms with Crippen LogP contribution < -0.4 is 0 Å². The number of aromatic amines is 1. The molecule has 1 saturated heterocycles. The van der Waals surface area contributed by atoms with E-state index in [9.17, 15) is 0 Å². The minimum absolute atomic E-state index is 0.0516. The van der Waals surface area contributed by atoms with Crippen LogP contribution in [0.5, 0.6) is 0 Å². The highest BCUT2D eigenvalue weighted by Crippen LogP contribution is 2.29. The summed E-state index contributed by atoms with van der Waals surface area (Å²) in [7, 11) is 0. The third-order valence-corrected chi connectivity index (χ3v) is 3.95. The number of rotatable bonds is 4. The number of nitrogens with one attached hydrogen (secondary N) is 1. The van der Waals surface area contributed by atoms with Gasteiger partial charge in [-0.15, -0.1) is 0 Å². The van der Waals surface area contributed by atoms with Crippen LogP contribution in [0.4, 0.5) is 0 Å². The second-order valence-corrected chi connectivity index (χ2v) is 5.52. The van der Waals surface area contributed by atoms with Crippen molar-refractivity contribution in [2.75, 3.05) is 12.4 Å². The number of halogens is 1. The summed E-state index contributed by atoms with van der Waals surface area (Å²) >= 11 is 7.42. The molecule has 0 saturated carbocycles. The molecule has 0 bridgehead atoms. The quantitative estimate of drug-likeness (QED) is 0.879. The van der Waals surface area contributed by atoms with Crippen LogP contribution in [0, 0.1) is 0 Å². The van der Waals surface area contributed by atoms with Gasteiger partial charge >= 0.3 is 0 Å². The monoisotopic (exact) mass is 297 g/mol. The van der Waals surface area contributed by atoms with E-state index >= 15 is 0 Å². The van der Waals surface area contributed by atoms with Crippen LogP contribution in [0.25, 0.3) is 0 Å². The Morgan fingerprint density at radius 3 is 2.95 bits per heavy atom. The summed E-state index contributed by atoms with van der Waals surface area (Å²) in [5.41, 5.74) is 0.983. The van der Waals surface area contributed by atoms with Crippen LogP contribution in [0.3, 0.4) is 0 Å². The van der Waals surface area contributed by atoms with E-state index in [1.54, 1.807) is 11.8 Å². The number of hydrogen-bond donors (Lipinski definition) is 1. The molecular weight excluding hydrogens is 286 g/mol. The molecule has 0 radical (unpaired) electrons. The average Bonchev–Trinajstić information content (AvgIpc) is 3.09. The first-order chi connectivity index (χ1) is 9.31. The van der Waals surface area contributed by atoms with Crippen LogP contribution in [0.15, 0.2) is 35.7 Å². The molecule has 19 heavy (non-hydrogen) atoms. The third kappa shape index (κ3) is 3.27. The van der Waals surface area contributed by atoms with Gasteiger partial charge in [-0.25, -0.2) is 4.98 Å². The Bertz CT molecular complexity index is 520. The highest BCUT2D eigenvalue weighted by atomic mass is 35.5. The standard InChI is InChI=1S/C12H12ClN3O2S/c13-9-3-1-8(2-4-9)11-17-5-10(18-11)6-19-12-14-7-15-16-12/h1-4,7,10-11H,5-6H2,(H,14,15,16)/t10-,11-/m0/s1. The topological polar surface area (TPSA) is 60.0 Å². The van der Waals surface area contributed by atoms with Gasteiger partial charge in [-0.2, -0.15) is 5.10 Å². The Balaban J connectivity index is 1.53. The highest BCUT2D eigenvalue weighted by Gasteiger charge is 2.27. The molecule has 1 N–H and O–H groups in total. The van der Waals surface area contributed by atoms with Gasteiger partial charge in [0.2, 0.25) is 0 Å². The molecule has 7 heteroatoms. The van der Waals surface area contributed by atoms with Gasteiger partial charge in [-0.1, -0.05) is 35.5 Å². The maximum absolute atomic E-state index is 5.85. The van der Waals surface area contributed by atoms with E-state index in [1.807, 2.05) is 24.3 Å². The van der Waals surface area contributed by atoms with Crippen LogP contribution >= 0.6 is 23.4 Å². The molecule has 2 heterocycles.